The van der Waals surface area contributed by atoms with Crippen LogP contribution in [0.2, 0.25) is 0 Å². The minimum Gasteiger partial charge on any atom is -0.507 e. The molecular weight excluding hydrogens is 520 g/mol. The summed E-state index contributed by atoms with van der Waals surface area (Å²) in [5.74, 6) is -4.37. The van der Waals surface area contributed by atoms with Gasteiger partial charge in [0.2, 0.25) is 0 Å². The van der Waals surface area contributed by atoms with Gasteiger partial charge in [-0.3, -0.25) is 9.59 Å². The molecule has 2 aliphatic rings. The number of hydrogen-bond donors (Lipinski definition) is 8. The molecule has 0 amide bonds. The van der Waals surface area contributed by atoms with Gasteiger partial charge in [0.05, 0.1) is 33.1 Å². The normalized spacial score (nSPS) is 22.5. The first-order valence-electron chi connectivity index (χ1n) is 12.6. The van der Waals surface area contributed by atoms with Gasteiger partial charge < -0.3 is 40.9 Å². The molecule has 4 aromatic carbocycles. The standard InChI is InChI=1S/C30H26O10/c1-29(39)7-11-3-13-23(15(31)5-17(33)25(13)27(37)21(11)19(35)9-29)24-14-4-12-8-30(2,40)10-20(36)22(12)28(38)26(14)18(34)6-16(24)32/h3-6,31-34,37-40H,7-10H2,1-2H3. The van der Waals surface area contributed by atoms with Crippen LogP contribution in [0.4, 0.5) is 0 Å². The first kappa shape index (κ1) is 25.7. The molecule has 4 aromatic rings. The molecule has 40 heavy (non-hydrogen) atoms. The maximum Gasteiger partial charge on any atom is 0.169 e. The molecule has 0 bridgehead atoms. The Labute approximate surface area is 226 Å². The van der Waals surface area contributed by atoms with E-state index in [-0.39, 0.29) is 80.6 Å². The quantitative estimate of drug-likeness (QED) is 0.174. The highest BCUT2D eigenvalue weighted by molar-refractivity contribution is 6.19. The summed E-state index contributed by atoms with van der Waals surface area (Å²) in [5, 5.41) is 86.8. The van der Waals surface area contributed by atoms with Crippen LogP contribution in [0.3, 0.4) is 0 Å². The fourth-order valence-electron chi connectivity index (χ4n) is 6.42. The summed E-state index contributed by atoms with van der Waals surface area (Å²) in [6.07, 6.45) is -0.551. The predicted molar refractivity (Wildman–Crippen MR) is 143 cm³/mol. The van der Waals surface area contributed by atoms with Crippen molar-refractivity contribution in [2.45, 2.75) is 50.7 Å². The summed E-state index contributed by atoms with van der Waals surface area (Å²) >= 11 is 0. The van der Waals surface area contributed by atoms with E-state index in [9.17, 15) is 50.4 Å². The Morgan fingerprint density at radius 2 is 0.875 bits per heavy atom. The summed E-state index contributed by atoms with van der Waals surface area (Å²) < 4.78 is 0. The van der Waals surface area contributed by atoms with Crippen molar-refractivity contribution in [1.29, 1.82) is 0 Å². The van der Waals surface area contributed by atoms with Crippen LogP contribution < -0.4 is 0 Å². The van der Waals surface area contributed by atoms with Gasteiger partial charge >= 0.3 is 0 Å². The average molecular weight is 547 g/mol. The van der Waals surface area contributed by atoms with Crippen LogP contribution in [0.25, 0.3) is 32.7 Å². The molecule has 0 saturated carbocycles. The Hall–Kier alpha value is -4.54. The average Bonchev–Trinajstić information content (AvgIpc) is 2.77. The first-order valence-corrected chi connectivity index (χ1v) is 12.6. The van der Waals surface area contributed by atoms with Crippen LogP contribution in [0.1, 0.15) is 58.5 Å². The smallest absolute Gasteiger partial charge is 0.169 e. The topological polar surface area (TPSA) is 196 Å². The minimum absolute atomic E-state index is 0.0156. The molecule has 0 saturated heterocycles. The molecular formula is C30H26O10. The molecule has 2 unspecified atom stereocenters. The molecule has 2 atom stereocenters. The maximum atomic E-state index is 12.8. The summed E-state index contributed by atoms with van der Waals surface area (Å²) in [5.41, 5.74) is -2.69. The van der Waals surface area contributed by atoms with Gasteiger partial charge in [0.25, 0.3) is 0 Å². The van der Waals surface area contributed by atoms with E-state index in [1.807, 2.05) is 0 Å². The Morgan fingerprint density at radius 1 is 0.525 bits per heavy atom. The second-order valence-electron chi connectivity index (χ2n) is 11.5. The van der Waals surface area contributed by atoms with E-state index < -0.39 is 57.3 Å². The SMILES string of the molecule is CC1(O)CC(=O)c2c(cc3c(-c4c(O)cc(O)c5c(O)c6c(cc45)CC(C)(O)CC6=O)c(O)cc(O)c3c2O)C1. The predicted octanol–water partition coefficient (Wildman–Crippen LogP) is 3.65. The maximum absolute atomic E-state index is 12.8. The van der Waals surface area contributed by atoms with Crippen LogP contribution in [0.5, 0.6) is 34.5 Å². The Kier molecular flexibility index (Phi) is 5.14. The molecule has 0 spiro atoms. The summed E-state index contributed by atoms with van der Waals surface area (Å²) in [6.45, 7) is 2.94. The lowest BCUT2D eigenvalue weighted by molar-refractivity contribution is 0.0396. The van der Waals surface area contributed by atoms with Gasteiger partial charge in [-0.05, 0) is 37.1 Å². The molecule has 0 radical (unpaired) electrons. The number of Topliss-reactive ketones (excluding diaryl/α,β-unsaturated/α-hetero) is 2. The summed E-state index contributed by atoms with van der Waals surface area (Å²) in [7, 11) is 0. The fraction of sp³-hybridized carbons (Fsp3) is 0.267. The van der Waals surface area contributed by atoms with Gasteiger partial charge in [0.1, 0.15) is 34.5 Å². The Morgan fingerprint density at radius 3 is 1.23 bits per heavy atom. The zero-order valence-electron chi connectivity index (χ0n) is 21.5. The summed E-state index contributed by atoms with van der Waals surface area (Å²) in [6, 6.07) is 4.71. The van der Waals surface area contributed by atoms with Crippen molar-refractivity contribution >= 4 is 33.1 Å². The first-order chi connectivity index (χ1) is 18.6. The van der Waals surface area contributed by atoms with Crippen molar-refractivity contribution in [2.75, 3.05) is 0 Å². The lowest BCUT2D eigenvalue weighted by Crippen LogP contribution is -2.35. The third-order valence-corrected chi connectivity index (χ3v) is 7.91. The molecule has 8 N–H and O–H groups in total. The molecule has 0 fully saturated rings. The van der Waals surface area contributed by atoms with Gasteiger partial charge in [-0.15, -0.1) is 0 Å². The van der Waals surface area contributed by atoms with E-state index in [2.05, 4.69) is 0 Å². The highest BCUT2D eigenvalue weighted by atomic mass is 16.3. The lowest BCUT2D eigenvalue weighted by Gasteiger charge is -2.31. The lowest BCUT2D eigenvalue weighted by atomic mass is 9.77. The second-order valence-corrected chi connectivity index (χ2v) is 11.5. The largest absolute Gasteiger partial charge is 0.507 e. The van der Waals surface area contributed by atoms with Crippen molar-refractivity contribution in [3.05, 3.63) is 46.5 Å². The number of fused-ring (bicyclic) bond motifs is 4. The van der Waals surface area contributed by atoms with Crippen LogP contribution >= 0.6 is 0 Å². The zero-order valence-corrected chi connectivity index (χ0v) is 21.5. The molecule has 0 heterocycles. The van der Waals surface area contributed by atoms with E-state index in [1.54, 1.807) is 0 Å². The number of aromatic hydroxyl groups is 6. The molecule has 0 aromatic heterocycles. The third-order valence-electron chi connectivity index (χ3n) is 7.91. The third kappa shape index (κ3) is 3.56. The van der Waals surface area contributed by atoms with E-state index in [1.165, 1.54) is 26.0 Å². The molecule has 10 nitrogen and oxygen atoms in total. The van der Waals surface area contributed by atoms with Gasteiger partial charge in [0.15, 0.2) is 11.6 Å². The number of benzene rings is 4. The van der Waals surface area contributed by atoms with Crippen molar-refractivity contribution in [3.8, 4) is 45.6 Å². The van der Waals surface area contributed by atoms with Gasteiger partial charge in [-0.1, -0.05) is 0 Å². The second kappa shape index (κ2) is 8.00. The van der Waals surface area contributed by atoms with E-state index in [4.69, 9.17) is 0 Å². The van der Waals surface area contributed by atoms with Crippen LogP contribution in [-0.2, 0) is 12.8 Å². The number of carbonyl (C=O) groups is 2. The number of ketones is 2. The number of carbonyl (C=O) groups excluding carboxylic acids is 2. The van der Waals surface area contributed by atoms with E-state index in [0.717, 1.165) is 12.1 Å². The fourth-order valence-corrected chi connectivity index (χ4v) is 6.42. The highest BCUT2D eigenvalue weighted by Gasteiger charge is 2.38. The number of phenolic OH excluding ortho intramolecular Hbond substituents is 6. The van der Waals surface area contributed by atoms with Crippen LogP contribution in [-0.4, -0.2) is 63.6 Å². The molecule has 0 aliphatic heterocycles. The van der Waals surface area contributed by atoms with Crippen LogP contribution in [0, 0.1) is 0 Å². The van der Waals surface area contributed by atoms with Crippen molar-refractivity contribution in [1.82, 2.24) is 0 Å². The van der Waals surface area contributed by atoms with Gasteiger partial charge in [-0.2, -0.15) is 0 Å². The molecule has 10 heteroatoms. The number of rotatable bonds is 1. The summed E-state index contributed by atoms with van der Waals surface area (Å²) in [4.78, 5) is 25.6. The Balaban J connectivity index is 1.77. The molecule has 6 rings (SSSR count). The number of aliphatic hydroxyl groups is 2. The molecule has 2 aliphatic carbocycles. The zero-order chi connectivity index (χ0) is 29.0. The number of phenols is 6. The van der Waals surface area contributed by atoms with Crippen molar-refractivity contribution < 1.29 is 50.4 Å². The van der Waals surface area contributed by atoms with Crippen LogP contribution in [0.15, 0.2) is 24.3 Å². The van der Waals surface area contributed by atoms with E-state index >= 15 is 0 Å². The number of hydrogen-bond acceptors (Lipinski definition) is 10. The highest BCUT2D eigenvalue weighted by Crippen LogP contribution is 2.54. The van der Waals surface area contributed by atoms with Crippen molar-refractivity contribution in [2.24, 2.45) is 0 Å². The molecule has 206 valence electrons. The monoisotopic (exact) mass is 546 g/mol. The minimum atomic E-state index is -1.41. The Bertz CT molecular complexity index is 1710. The van der Waals surface area contributed by atoms with Gasteiger partial charge in [0, 0.05) is 59.7 Å². The van der Waals surface area contributed by atoms with E-state index in [0.29, 0.717) is 0 Å². The van der Waals surface area contributed by atoms with Crippen molar-refractivity contribution in [3.63, 3.8) is 0 Å². The van der Waals surface area contributed by atoms with Gasteiger partial charge in [-0.25, -0.2) is 0 Å².